The Morgan fingerprint density at radius 1 is 1.27 bits per heavy atom. The Labute approximate surface area is 172 Å². The van der Waals surface area contributed by atoms with Crippen molar-refractivity contribution in [3.63, 3.8) is 0 Å². The first-order chi connectivity index (χ1) is 12.0. The highest BCUT2D eigenvalue weighted by Crippen LogP contribution is 2.17. The second-order valence-corrected chi connectivity index (χ2v) is 6.79. The average Bonchev–Trinajstić information content (AvgIpc) is 2.93. The van der Waals surface area contributed by atoms with Crippen molar-refractivity contribution < 1.29 is 0 Å². The van der Waals surface area contributed by atoms with Crippen molar-refractivity contribution in [3.8, 4) is 0 Å². The van der Waals surface area contributed by atoms with Crippen LogP contribution in [0.4, 0.5) is 5.82 Å². The van der Waals surface area contributed by atoms with Crippen LogP contribution in [-0.2, 0) is 7.05 Å². The fourth-order valence-electron chi connectivity index (χ4n) is 2.66. The summed E-state index contributed by atoms with van der Waals surface area (Å²) in [4.78, 5) is 12.8. The fourth-order valence-corrected chi connectivity index (χ4v) is 2.66. The number of hydrogen-bond acceptors (Lipinski definition) is 5. The zero-order chi connectivity index (χ0) is 18.2. The predicted octanol–water partition coefficient (Wildman–Crippen LogP) is 2.51. The molecular weight excluding hydrogens is 443 g/mol. The summed E-state index contributed by atoms with van der Waals surface area (Å²) in [5.41, 5.74) is 6.75. The second-order valence-electron chi connectivity index (χ2n) is 6.79. The number of nitrogens with zero attached hydrogens (tertiary/aromatic N) is 5. The summed E-state index contributed by atoms with van der Waals surface area (Å²) in [7, 11) is 1.86. The molecule has 2 aromatic heterocycles. The molecule has 8 nitrogen and oxygen atoms in total. The molecule has 9 heteroatoms. The van der Waals surface area contributed by atoms with Crippen molar-refractivity contribution in [1.29, 1.82) is 0 Å². The Morgan fingerprint density at radius 2 is 2.04 bits per heavy atom. The maximum atomic E-state index is 5.95. The van der Waals surface area contributed by atoms with Gasteiger partial charge in [-0.25, -0.2) is 9.97 Å². The number of aryl methyl sites for hydroxylation is 1. The molecule has 2 heterocycles. The molecule has 0 saturated heterocycles. The van der Waals surface area contributed by atoms with Crippen molar-refractivity contribution in [3.05, 3.63) is 12.5 Å². The Morgan fingerprint density at radius 3 is 2.77 bits per heavy atom. The molecule has 4 N–H and O–H groups in total. The van der Waals surface area contributed by atoms with Gasteiger partial charge in [0.05, 0.1) is 18.1 Å². The minimum atomic E-state index is 0. The zero-order valence-electron chi connectivity index (χ0n) is 16.1. The molecule has 0 aliphatic heterocycles. The lowest BCUT2D eigenvalue weighted by Gasteiger charge is -2.15. The number of guanidine groups is 1. The first-order valence-electron chi connectivity index (χ1n) is 8.90. The molecule has 0 saturated carbocycles. The van der Waals surface area contributed by atoms with Gasteiger partial charge in [-0.05, 0) is 19.3 Å². The molecule has 2 rings (SSSR count). The van der Waals surface area contributed by atoms with E-state index in [1.54, 1.807) is 10.9 Å². The van der Waals surface area contributed by atoms with Crippen molar-refractivity contribution in [1.82, 2.24) is 25.1 Å². The van der Waals surface area contributed by atoms with Crippen LogP contribution >= 0.6 is 24.0 Å². The number of rotatable bonds is 9. The fraction of sp³-hybridized carbons (Fsp3) is 0.647. The highest BCUT2D eigenvalue weighted by Gasteiger charge is 2.07. The van der Waals surface area contributed by atoms with Crippen LogP contribution in [0.2, 0.25) is 0 Å². The van der Waals surface area contributed by atoms with Crippen LogP contribution in [0.3, 0.4) is 0 Å². The van der Waals surface area contributed by atoms with Crippen LogP contribution in [0.1, 0.15) is 40.0 Å². The topological polar surface area (TPSA) is 106 Å². The lowest BCUT2D eigenvalue weighted by Crippen LogP contribution is -2.38. The van der Waals surface area contributed by atoms with Crippen LogP contribution in [0, 0.1) is 5.92 Å². The monoisotopic (exact) mass is 474 g/mol. The van der Waals surface area contributed by atoms with Crippen molar-refractivity contribution in [2.45, 2.75) is 46.1 Å². The van der Waals surface area contributed by atoms with E-state index in [0.29, 0.717) is 25.1 Å². The SMILES string of the molecule is CC(C)CCCC(C)NC(N)=NCCNc1ncnc2c1cnn2C.I. The van der Waals surface area contributed by atoms with Gasteiger partial charge in [-0.15, -0.1) is 24.0 Å². The van der Waals surface area contributed by atoms with Gasteiger partial charge in [-0.2, -0.15) is 5.10 Å². The van der Waals surface area contributed by atoms with E-state index in [9.17, 15) is 0 Å². The summed E-state index contributed by atoms with van der Waals surface area (Å²) in [6.07, 6.45) is 6.84. The van der Waals surface area contributed by atoms with E-state index in [4.69, 9.17) is 5.73 Å². The molecule has 0 radical (unpaired) electrons. The number of halogens is 1. The van der Waals surface area contributed by atoms with Gasteiger partial charge >= 0.3 is 0 Å². The van der Waals surface area contributed by atoms with Gasteiger partial charge in [-0.3, -0.25) is 9.67 Å². The summed E-state index contributed by atoms with van der Waals surface area (Å²) >= 11 is 0. The average molecular weight is 474 g/mol. The number of anilines is 1. The highest BCUT2D eigenvalue weighted by molar-refractivity contribution is 14.0. The second kappa shape index (κ2) is 11.1. The predicted molar refractivity (Wildman–Crippen MR) is 118 cm³/mol. The summed E-state index contributed by atoms with van der Waals surface area (Å²) < 4.78 is 1.73. The Balaban J connectivity index is 0.00000338. The van der Waals surface area contributed by atoms with Gasteiger partial charge in [0.15, 0.2) is 11.6 Å². The minimum absolute atomic E-state index is 0. The molecule has 0 bridgehead atoms. The molecule has 1 unspecified atom stereocenters. The summed E-state index contributed by atoms with van der Waals surface area (Å²) in [6.45, 7) is 7.85. The molecule has 146 valence electrons. The number of aromatic nitrogens is 4. The zero-order valence-corrected chi connectivity index (χ0v) is 18.4. The van der Waals surface area contributed by atoms with E-state index < -0.39 is 0 Å². The van der Waals surface area contributed by atoms with E-state index in [2.05, 4.69) is 51.5 Å². The minimum Gasteiger partial charge on any atom is -0.370 e. The normalized spacial score (nSPS) is 12.9. The molecule has 0 aliphatic carbocycles. The van der Waals surface area contributed by atoms with Gasteiger partial charge < -0.3 is 16.4 Å². The largest absolute Gasteiger partial charge is 0.370 e. The van der Waals surface area contributed by atoms with Crippen LogP contribution in [0.5, 0.6) is 0 Å². The quantitative estimate of drug-likeness (QED) is 0.223. The number of nitrogens with two attached hydrogens (primary N) is 1. The molecule has 2 aromatic rings. The standard InChI is InChI=1S/C17H30N8.HI/c1-12(2)6-5-7-13(3)24-17(18)20-9-8-19-15-14-10-23-25(4)16(14)22-11-21-15;/h10-13H,5-9H2,1-4H3,(H3,18,20,24)(H,19,21,22);1H. The van der Waals surface area contributed by atoms with Gasteiger partial charge in [0.1, 0.15) is 12.1 Å². The van der Waals surface area contributed by atoms with Crippen LogP contribution in [0.25, 0.3) is 11.0 Å². The van der Waals surface area contributed by atoms with Gasteiger partial charge in [0, 0.05) is 19.6 Å². The summed E-state index contributed by atoms with van der Waals surface area (Å²) in [5, 5.41) is 11.6. The molecule has 1 atom stereocenters. The van der Waals surface area contributed by atoms with Gasteiger partial charge in [0.25, 0.3) is 0 Å². The first-order valence-corrected chi connectivity index (χ1v) is 8.90. The Bertz CT molecular complexity index is 697. The molecule has 26 heavy (non-hydrogen) atoms. The Hall–Kier alpha value is -1.65. The molecule has 0 aromatic carbocycles. The third-order valence-corrected chi connectivity index (χ3v) is 4.03. The van der Waals surface area contributed by atoms with Crippen LogP contribution in [0.15, 0.2) is 17.5 Å². The van der Waals surface area contributed by atoms with E-state index >= 15 is 0 Å². The summed E-state index contributed by atoms with van der Waals surface area (Å²) in [5.74, 6) is 2.01. The van der Waals surface area contributed by atoms with Gasteiger partial charge in [-0.1, -0.05) is 26.7 Å². The van der Waals surface area contributed by atoms with Gasteiger partial charge in [0.2, 0.25) is 0 Å². The lowest BCUT2D eigenvalue weighted by molar-refractivity contribution is 0.493. The number of hydrogen-bond donors (Lipinski definition) is 3. The smallest absolute Gasteiger partial charge is 0.188 e. The molecule has 0 amide bonds. The van der Waals surface area contributed by atoms with Crippen LogP contribution < -0.4 is 16.4 Å². The van der Waals surface area contributed by atoms with E-state index in [1.807, 2.05) is 7.05 Å². The highest BCUT2D eigenvalue weighted by atomic mass is 127. The number of aliphatic imine (C=N–C) groups is 1. The third kappa shape index (κ3) is 6.93. The molecular formula is C17H31IN8. The maximum absolute atomic E-state index is 5.95. The van der Waals surface area contributed by atoms with E-state index in [-0.39, 0.29) is 24.0 Å². The van der Waals surface area contributed by atoms with E-state index in [0.717, 1.165) is 29.2 Å². The van der Waals surface area contributed by atoms with Crippen molar-refractivity contribution >= 4 is 46.8 Å². The summed E-state index contributed by atoms with van der Waals surface area (Å²) in [6, 6.07) is 0.340. The number of nitrogens with one attached hydrogen (secondary N) is 2. The molecule has 0 aliphatic rings. The Kier molecular flexibility index (Phi) is 9.60. The first kappa shape index (κ1) is 22.4. The number of fused-ring (bicyclic) bond motifs is 1. The van der Waals surface area contributed by atoms with Crippen molar-refractivity contribution in [2.24, 2.45) is 23.7 Å². The van der Waals surface area contributed by atoms with E-state index in [1.165, 1.54) is 19.2 Å². The molecule has 0 fully saturated rings. The molecule has 0 spiro atoms. The third-order valence-electron chi connectivity index (χ3n) is 4.03. The maximum Gasteiger partial charge on any atom is 0.188 e. The van der Waals surface area contributed by atoms with Crippen LogP contribution in [-0.4, -0.2) is 44.8 Å². The van der Waals surface area contributed by atoms with Crippen molar-refractivity contribution in [2.75, 3.05) is 18.4 Å². The lowest BCUT2D eigenvalue weighted by atomic mass is 10.0.